The summed E-state index contributed by atoms with van der Waals surface area (Å²) in [7, 11) is -0.974. The predicted molar refractivity (Wildman–Crippen MR) is 78.9 cm³/mol. The van der Waals surface area contributed by atoms with Crippen LogP contribution in [0.25, 0.3) is 0 Å². The zero-order valence-electron chi connectivity index (χ0n) is 11.6. The van der Waals surface area contributed by atoms with Crippen LogP contribution in [-0.2, 0) is 9.84 Å². The first-order chi connectivity index (χ1) is 9.55. The Morgan fingerprint density at radius 3 is 2.35 bits per heavy atom. The van der Waals surface area contributed by atoms with E-state index in [9.17, 15) is 8.42 Å². The highest BCUT2D eigenvalue weighted by atomic mass is 32.2. The summed E-state index contributed by atoms with van der Waals surface area (Å²) in [6.45, 7) is 0. The molecule has 0 unspecified atom stereocenters. The molecule has 1 aliphatic heterocycles. The molecule has 2 aliphatic rings. The van der Waals surface area contributed by atoms with Gasteiger partial charge in [0.05, 0.1) is 11.5 Å². The van der Waals surface area contributed by atoms with E-state index < -0.39 is 9.84 Å². The summed E-state index contributed by atoms with van der Waals surface area (Å²) in [5.74, 6) is 3.54. The van der Waals surface area contributed by atoms with Crippen LogP contribution in [0.15, 0.2) is 6.07 Å². The standard InChI is InChI=1S/C13H20N4O2S/c1-14-11-8-12(17-13(16-11)9-2-3-9)15-10-4-6-20(18,19)7-5-10/h8-10H,2-7H2,1H3,(H2,14,15,16,17). The van der Waals surface area contributed by atoms with Gasteiger partial charge in [-0.1, -0.05) is 0 Å². The van der Waals surface area contributed by atoms with E-state index in [2.05, 4.69) is 20.6 Å². The molecule has 1 aliphatic carbocycles. The zero-order chi connectivity index (χ0) is 14.2. The van der Waals surface area contributed by atoms with Gasteiger partial charge in [-0.2, -0.15) is 0 Å². The fourth-order valence-corrected chi connectivity index (χ4v) is 3.93. The average Bonchev–Trinajstić information content (AvgIpc) is 3.25. The molecule has 20 heavy (non-hydrogen) atoms. The number of nitrogens with zero attached hydrogens (tertiary/aromatic N) is 2. The molecule has 0 spiro atoms. The number of sulfone groups is 1. The van der Waals surface area contributed by atoms with Gasteiger partial charge in [-0.15, -0.1) is 0 Å². The Bertz CT molecular complexity index is 584. The minimum atomic E-state index is -2.82. The molecule has 3 rings (SSSR count). The molecule has 1 aromatic rings. The molecule has 0 radical (unpaired) electrons. The summed E-state index contributed by atoms with van der Waals surface area (Å²) in [6, 6.07) is 2.07. The van der Waals surface area contributed by atoms with Crippen LogP contribution in [0.4, 0.5) is 11.6 Å². The van der Waals surface area contributed by atoms with Crippen molar-refractivity contribution in [1.82, 2.24) is 9.97 Å². The van der Waals surface area contributed by atoms with E-state index >= 15 is 0 Å². The zero-order valence-corrected chi connectivity index (χ0v) is 12.4. The van der Waals surface area contributed by atoms with Gasteiger partial charge in [-0.25, -0.2) is 18.4 Å². The molecule has 2 N–H and O–H groups in total. The highest BCUT2D eigenvalue weighted by Gasteiger charge is 2.28. The van der Waals surface area contributed by atoms with Crippen LogP contribution < -0.4 is 10.6 Å². The van der Waals surface area contributed by atoms with Crippen LogP contribution in [0, 0.1) is 0 Å². The smallest absolute Gasteiger partial charge is 0.150 e. The van der Waals surface area contributed by atoms with Gasteiger partial charge in [-0.05, 0) is 25.7 Å². The second-order valence-corrected chi connectivity index (χ2v) is 7.89. The molecule has 2 heterocycles. The molecule has 0 amide bonds. The first-order valence-electron chi connectivity index (χ1n) is 7.09. The third-order valence-electron chi connectivity index (χ3n) is 3.85. The van der Waals surface area contributed by atoms with Crippen LogP contribution in [0.5, 0.6) is 0 Å². The molecule has 0 bridgehead atoms. The first-order valence-corrected chi connectivity index (χ1v) is 8.91. The van der Waals surface area contributed by atoms with E-state index in [1.807, 2.05) is 13.1 Å². The van der Waals surface area contributed by atoms with E-state index in [1.54, 1.807) is 0 Å². The topological polar surface area (TPSA) is 84.0 Å². The van der Waals surface area contributed by atoms with Crippen LogP contribution in [0.1, 0.15) is 37.4 Å². The van der Waals surface area contributed by atoms with Gasteiger partial charge in [0.2, 0.25) is 0 Å². The Hall–Kier alpha value is -1.37. The minimum Gasteiger partial charge on any atom is -0.373 e. The molecule has 6 nitrogen and oxygen atoms in total. The van der Waals surface area contributed by atoms with E-state index in [-0.39, 0.29) is 17.5 Å². The lowest BCUT2D eigenvalue weighted by atomic mass is 10.1. The summed E-state index contributed by atoms with van der Waals surface area (Å²) < 4.78 is 22.9. The molecule has 0 aromatic carbocycles. The van der Waals surface area contributed by atoms with Gasteiger partial charge >= 0.3 is 0 Å². The van der Waals surface area contributed by atoms with Crippen molar-refractivity contribution in [3.8, 4) is 0 Å². The Labute approximate surface area is 119 Å². The van der Waals surface area contributed by atoms with Crippen molar-refractivity contribution in [1.29, 1.82) is 0 Å². The van der Waals surface area contributed by atoms with Crippen molar-refractivity contribution in [2.45, 2.75) is 37.6 Å². The van der Waals surface area contributed by atoms with Gasteiger partial charge in [0.25, 0.3) is 0 Å². The number of hydrogen-bond acceptors (Lipinski definition) is 6. The second-order valence-electron chi connectivity index (χ2n) is 5.59. The molecule has 1 saturated carbocycles. The molecular weight excluding hydrogens is 276 g/mol. The Morgan fingerprint density at radius 2 is 1.75 bits per heavy atom. The molecule has 1 saturated heterocycles. The van der Waals surface area contributed by atoms with Gasteiger partial charge in [0.15, 0.2) is 0 Å². The van der Waals surface area contributed by atoms with Crippen molar-refractivity contribution in [3.05, 3.63) is 11.9 Å². The second kappa shape index (κ2) is 5.20. The molecule has 7 heteroatoms. The van der Waals surface area contributed by atoms with Crippen LogP contribution >= 0.6 is 0 Å². The number of hydrogen-bond donors (Lipinski definition) is 2. The summed E-state index contributed by atoms with van der Waals surface area (Å²) in [5, 5.41) is 6.41. The minimum absolute atomic E-state index is 0.185. The highest BCUT2D eigenvalue weighted by Crippen LogP contribution is 2.38. The Balaban J connectivity index is 1.72. The number of nitrogens with one attached hydrogen (secondary N) is 2. The van der Waals surface area contributed by atoms with Crippen molar-refractivity contribution in [3.63, 3.8) is 0 Å². The van der Waals surface area contributed by atoms with E-state index in [1.165, 1.54) is 0 Å². The monoisotopic (exact) mass is 296 g/mol. The van der Waals surface area contributed by atoms with Crippen LogP contribution in [0.2, 0.25) is 0 Å². The summed E-state index contributed by atoms with van der Waals surface area (Å²) in [4.78, 5) is 9.03. The van der Waals surface area contributed by atoms with Crippen molar-refractivity contribution in [2.75, 3.05) is 29.2 Å². The maximum absolute atomic E-state index is 11.4. The van der Waals surface area contributed by atoms with Crippen molar-refractivity contribution in [2.24, 2.45) is 0 Å². The normalized spacial score (nSPS) is 22.4. The third-order valence-corrected chi connectivity index (χ3v) is 5.56. The van der Waals surface area contributed by atoms with Crippen LogP contribution in [0.3, 0.4) is 0 Å². The fourth-order valence-electron chi connectivity index (χ4n) is 2.44. The van der Waals surface area contributed by atoms with Gasteiger partial charge in [0, 0.05) is 25.1 Å². The quantitative estimate of drug-likeness (QED) is 0.873. The van der Waals surface area contributed by atoms with Gasteiger partial charge in [-0.3, -0.25) is 0 Å². The molecule has 2 fully saturated rings. The fraction of sp³-hybridized carbons (Fsp3) is 0.692. The summed E-state index contributed by atoms with van der Waals surface area (Å²) in [6.07, 6.45) is 3.63. The Kier molecular flexibility index (Phi) is 3.54. The SMILES string of the molecule is CNc1cc(NC2CCS(=O)(=O)CC2)nc(C2CC2)n1. The Morgan fingerprint density at radius 1 is 1.10 bits per heavy atom. The predicted octanol–water partition coefficient (Wildman–Crippen LogP) is 1.38. The van der Waals surface area contributed by atoms with Gasteiger partial charge in [0.1, 0.15) is 27.3 Å². The first kappa shape index (κ1) is 13.6. The lowest BCUT2D eigenvalue weighted by Crippen LogP contribution is -2.32. The highest BCUT2D eigenvalue weighted by molar-refractivity contribution is 7.91. The lowest BCUT2D eigenvalue weighted by Gasteiger charge is -2.23. The summed E-state index contributed by atoms with van der Waals surface area (Å²) >= 11 is 0. The van der Waals surface area contributed by atoms with Crippen LogP contribution in [-0.4, -0.2) is 43.0 Å². The van der Waals surface area contributed by atoms with E-state index in [4.69, 9.17) is 0 Å². The van der Waals surface area contributed by atoms with E-state index in [0.29, 0.717) is 18.8 Å². The molecule has 1 aromatic heterocycles. The molecule has 110 valence electrons. The number of rotatable bonds is 4. The lowest BCUT2D eigenvalue weighted by molar-refractivity contribution is 0.559. The number of aromatic nitrogens is 2. The van der Waals surface area contributed by atoms with Crippen molar-refractivity contribution < 1.29 is 8.42 Å². The van der Waals surface area contributed by atoms with Crippen molar-refractivity contribution >= 4 is 21.5 Å². The van der Waals surface area contributed by atoms with Gasteiger partial charge < -0.3 is 10.6 Å². The average molecular weight is 296 g/mol. The largest absolute Gasteiger partial charge is 0.373 e. The maximum atomic E-state index is 11.4. The van der Waals surface area contributed by atoms with E-state index in [0.717, 1.165) is 30.3 Å². The third kappa shape index (κ3) is 3.20. The maximum Gasteiger partial charge on any atom is 0.150 e. The molecule has 0 atom stereocenters. The summed E-state index contributed by atoms with van der Waals surface area (Å²) in [5.41, 5.74) is 0. The molecular formula is C13H20N4O2S. The number of anilines is 2.